The summed E-state index contributed by atoms with van der Waals surface area (Å²) in [6, 6.07) is 5.83. The van der Waals surface area contributed by atoms with Crippen molar-refractivity contribution in [1.29, 1.82) is 0 Å². The molecule has 1 amide bonds. The smallest absolute Gasteiger partial charge is 0.410 e. The molecule has 0 aromatic heterocycles. The number of hydrogen-bond acceptors (Lipinski definition) is 6. The van der Waals surface area contributed by atoms with Crippen LogP contribution in [-0.2, 0) is 13.8 Å². The van der Waals surface area contributed by atoms with Gasteiger partial charge in [-0.05, 0) is 66.7 Å². The van der Waals surface area contributed by atoms with Crippen LogP contribution in [0.25, 0.3) is 5.31 Å². The number of rotatable bonds is 2. The number of methoxy groups -OCH3 is 1. The molecule has 2 fully saturated rings. The van der Waals surface area contributed by atoms with Crippen molar-refractivity contribution in [3.8, 4) is 11.5 Å². The van der Waals surface area contributed by atoms with Crippen LogP contribution >= 0.6 is 8.38 Å². The molecule has 1 spiro atoms. The van der Waals surface area contributed by atoms with Gasteiger partial charge in [0.2, 0.25) is 8.38 Å². The van der Waals surface area contributed by atoms with Gasteiger partial charge in [0.25, 0.3) is 0 Å². The van der Waals surface area contributed by atoms with Gasteiger partial charge >= 0.3 is 6.09 Å². The van der Waals surface area contributed by atoms with Crippen LogP contribution in [0.5, 0.6) is 11.5 Å². The van der Waals surface area contributed by atoms with E-state index in [-0.39, 0.29) is 6.09 Å². The first-order valence-corrected chi connectivity index (χ1v) is 12.7. The molecule has 3 aliphatic heterocycles. The van der Waals surface area contributed by atoms with Gasteiger partial charge in [-0.15, -0.1) is 0 Å². The maximum Gasteiger partial charge on any atom is 0.410 e. The van der Waals surface area contributed by atoms with Crippen molar-refractivity contribution < 1.29 is 28.1 Å². The molecule has 3 aliphatic rings. The van der Waals surface area contributed by atoms with Gasteiger partial charge in [0, 0.05) is 31.2 Å². The lowest BCUT2D eigenvalue weighted by atomic mass is 9.88. The number of piperidine rings is 1. The second kappa shape index (κ2) is 8.14. The summed E-state index contributed by atoms with van der Waals surface area (Å²) in [5, 5.41) is 0.980. The van der Waals surface area contributed by atoms with Crippen molar-refractivity contribution in [3.63, 3.8) is 0 Å². The second-order valence-corrected chi connectivity index (χ2v) is 12.3. The van der Waals surface area contributed by atoms with Crippen LogP contribution in [0.15, 0.2) is 24.3 Å². The lowest BCUT2D eigenvalue weighted by Crippen LogP contribution is -2.50. The van der Waals surface area contributed by atoms with Crippen molar-refractivity contribution in [2.75, 3.05) is 20.2 Å². The average molecular weight is 478 g/mol. The van der Waals surface area contributed by atoms with Crippen molar-refractivity contribution in [1.82, 2.24) is 4.90 Å². The largest absolute Gasteiger partial charge is 0.496 e. The molecule has 0 aliphatic carbocycles. The van der Waals surface area contributed by atoms with Gasteiger partial charge in [0.15, 0.2) is 0 Å². The fourth-order valence-corrected chi connectivity index (χ4v) is 6.37. The van der Waals surface area contributed by atoms with E-state index in [1.165, 1.54) is 0 Å². The summed E-state index contributed by atoms with van der Waals surface area (Å²) >= 11 is 0. The lowest BCUT2D eigenvalue weighted by Gasteiger charge is -2.43. The SMILES string of the molecule is COc1cccc2c1C(P1OC(C)(C)C(C)(C)O1)=CC1(CCN(C(=O)OC(C)(C)C)CC1)O2. The van der Waals surface area contributed by atoms with Gasteiger partial charge in [0.1, 0.15) is 22.7 Å². The number of benzene rings is 1. The summed E-state index contributed by atoms with van der Waals surface area (Å²) in [4.78, 5) is 14.3. The van der Waals surface area contributed by atoms with Crippen molar-refractivity contribution in [3.05, 3.63) is 29.8 Å². The monoisotopic (exact) mass is 477 g/mol. The molecule has 182 valence electrons. The summed E-state index contributed by atoms with van der Waals surface area (Å²) < 4.78 is 30.8. The molecular formula is C25H36NO6P. The van der Waals surface area contributed by atoms with Crippen LogP contribution < -0.4 is 9.47 Å². The van der Waals surface area contributed by atoms with E-state index in [0.29, 0.717) is 25.9 Å². The van der Waals surface area contributed by atoms with E-state index in [9.17, 15) is 4.79 Å². The molecule has 0 saturated carbocycles. The summed E-state index contributed by atoms with van der Waals surface area (Å²) in [7, 11) is 0.316. The predicted molar refractivity (Wildman–Crippen MR) is 129 cm³/mol. The Morgan fingerprint density at radius 3 is 2.21 bits per heavy atom. The van der Waals surface area contributed by atoms with E-state index in [2.05, 4.69) is 33.8 Å². The number of nitrogens with zero attached hydrogens (tertiary/aromatic N) is 1. The zero-order chi connectivity index (χ0) is 24.2. The third-order valence-corrected chi connectivity index (χ3v) is 8.70. The minimum Gasteiger partial charge on any atom is -0.496 e. The third-order valence-electron chi connectivity index (χ3n) is 6.71. The molecule has 4 rings (SSSR count). The van der Waals surface area contributed by atoms with E-state index >= 15 is 0 Å². The first-order chi connectivity index (χ1) is 15.3. The highest BCUT2D eigenvalue weighted by molar-refractivity contribution is 7.59. The van der Waals surface area contributed by atoms with E-state index in [0.717, 1.165) is 22.4 Å². The zero-order valence-electron chi connectivity index (χ0n) is 21.0. The highest BCUT2D eigenvalue weighted by atomic mass is 31.2. The Morgan fingerprint density at radius 2 is 1.67 bits per heavy atom. The molecule has 0 radical (unpaired) electrons. The lowest BCUT2D eigenvalue weighted by molar-refractivity contribution is -0.00119. The van der Waals surface area contributed by atoms with Crippen molar-refractivity contribution in [2.45, 2.75) is 83.7 Å². The second-order valence-electron chi connectivity index (χ2n) is 11.0. The highest BCUT2D eigenvalue weighted by Gasteiger charge is 2.53. The molecule has 7 nitrogen and oxygen atoms in total. The average Bonchev–Trinajstić information content (AvgIpc) is 2.93. The zero-order valence-corrected chi connectivity index (χ0v) is 21.9. The molecule has 8 heteroatoms. The maximum absolute atomic E-state index is 12.6. The Balaban J connectivity index is 1.65. The van der Waals surface area contributed by atoms with Gasteiger partial charge in [-0.2, -0.15) is 0 Å². The predicted octanol–water partition coefficient (Wildman–Crippen LogP) is 6.11. The molecule has 0 unspecified atom stereocenters. The van der Waals surface area contributed by atoms with Gasteiger partial charge in [-0.1, -0.05) is 6.07 Å². The fraction of sp³-hybridized carbons (Fsp3) is 0.640. The molecule has 0 N–H and O–H groups in total. The fourth-order valence-electron chi connectivity index (χ4n) is 4.12. The molecular weight excluding hydrogens is 441 g/mol. The Hall–Kier alpha value is -1.82. The van der Waals surface area contributed by atoms with E-state index in [1.807, 2.05) is 39.0 Å². The summed E-state index contributed by atoms with van der Waals surface area (Å²) in [5.41, 5.74) is -1.05. The standard InChI is InChI=1S/C25H36NO6P/c1-22(2,3)30-21(27)26-14-12-25(13-15-26)16-19(33-31-23(4,5)24(6,7)32-33)20-17(28-8)10-9-11-18(20)29-25/h9-11,16H,12-15H2,1-8H3. The maximum atomic E-state index is 12.6. The quantitative estimate of drug-likeness (QED) is 0.479. The van der Waals surface area contributed by atoms with E-state index in [4.69, 9.17) is 23.3 Å². The Labute approximate surface area is 198 Å². The van der Waals surface area contributed by atoms with E-state index in [1.54, 1.807) is 12.0 Å². The van der Waals surface area contributed by atoms with Crippen LogP contribution in [-0.4, -0.2) is 53.6 Å². The molecule has 0 atom stereocenters. The molecule has 0 bridgehead atoms. The molecule has 2 saturated heterocycles. The van der Waals surface area contributed by atoms with Crippen LogP contribution in [0, 0.1) is 0 Å². The highest BCUT2D eigenvalue weighted by Crippen LogP contribution is 2.68. The summed E-state index contributed by atoms with van der Waals surface area (Å²) in [6.07, 6.45) is 3.19. The number of amides is 1. The Morgan fingerprint density at radius 1 is 1.06 bits per heavy atom. The van der Waals surface area contributed by atoms with Gasteiger partial charge in [-0.25, -0.2) is 4.79 Å². The number of likely N-dealkylation sites (tertiary alicyclic amines) is 1. The minimum absolute atomic E-state index is 0.283. The number of hydrogen-bond donors (Lipinski definition) is 0. The van der Waals surface area contributed by atoms with Crippen LogP contribution in [0.4, 0.5) is 4.79 Å². The first kappa shape index (κ1) is 24.3. The molecule has 33 heavy (non-hydrogen) atoms. The minimum atomic E-state index is -1.34. The molecule has 1 aromatic rings. The number of fused-ring (bicyclic) bond motifs is 1. The molecule has 3 heterocycles. The Bertz CT molecular complexity index is 940. The van der Waals surface area contributed by atoms with Crippen LogP contribution in [0.2, 0.25) is 0 Å². The van der Waals surface area contributed by atoms with E-state index < -0.39 is 30.8 Å². The van der Waals surface area contributed by atoms with Crippen LogP contribution in [0.1, 0.15) is 66.9 Å². The summed E-state index contributed by atoms with van der Waals surface area (Å²) in [6.45, 7) is 15.0. The van der Waals surface area contributed by atoms with Crippen molar-refractivity contribution >= 4 is 19.8 Å². The Kier molecular flexibility index (Phi) is 6.00. The topological polar surface area (TPSA) is 66.5 Å². The number of carbonyl (C=O) groups excluding carboxylic acids is 1. The summed E-state index contributed by atoms with van der Waals surface area (Å²) in [5.74, 6) is 1.49. The van der Waals surface area contributed by atoms with Gasteiger partial charge in [-0.3, -0.25) is 0 Å². The number of carbonyl (C=O) groups is 1. The normalized spacial score (nSPS) is 23.5. The third kappa shape index (κ3) is 4.60. The van der Waals surface area contributed by atoms with Crippen LogP contribution in [0.3, 0.4) is 0 Å². The van der Waals surface area contributed by atoms with Gasteiger partial charge < -0.3 is 28.2 Å². The molecule has 1 aromatic carbocycles. The van der Waals surface area contributed by atoms with Gasteiger partial charge in [0.05, 0.1) is 23.9 Å². The number of ether oxygens (including phenoxy) is 3. The first-order valence-electron chi connectivity index (χ1n) is 11.5. The van der Waals surface area contributed by atoms with Crippen molar-refractivity contribution in [2.24, 2.45) is 0 Å².